The first kappa shape index (κ1) is 20.1. The zero-order valence-electron chi connectivity index (χ0n) is 14.5. The Morgan fingerprint density at radius 2 is 1.15 bits per heavy atom. The Balaban J connectivity index is 4.85. The molecule has 0 fully saturated rings. The fourth-order valence-corrected chi connectivity index (χ4v) is 4.11. The molecule has 122 valence electrons. The third kappa shape index (κ3) is 8.41. The normalized spacial score (nSPS) is 13.4. The number of rotatable bonds is 10. The van der Waals surface area contributed by atoms with Crippen molar-refractivity contribution in [2.24, 2.45) is 11.8 Å². The van der Waals surface area contributed by atoms with E-state index in [0.717, 1.165) is 0 Å². The number of hydrogen-bond acceptors (Lipinski definition) is 4. The molecule has 0 spiro atoms. The molecule has 0 aromatic rings. The molecule has 0 atom stereocenters. The van der Waals surface area contributed by atoms with Crippen LogP contribution in [0.2, 0.25) is 0 Å². The molecule has 0 saturated heterocycles. The van der Waals surface area contributed by atoms with Crippen LogP contribution in [-0.4, -0.2) is 36.5 Å². The Bertz CT molecular complexity index is 279. The van der Waals surface area contributed by atoms with Crippen LogP contribution in [0.3, 0.4) is 0 Å². The van der Waals surface area contributed by atoms with Crippen molar-refractivity contribution in [3.63, 3.8) is 0 Å². The van der Waals surface area contributed by atoms with E-state index >= 15 is 0 Å². The maximum atomic E-state index is 13.0. The third-order valence-electron chi connectivity index (χ3n) is 2.87. The van der Waals surface area contributed by atoms with Crippen molar-refractivity contribution in [3.05, 3.63) is 0 Å². The summed E-state index contributed by atoms with van der Waals surface area (Å²) in [6, 6.07) is 0.627. The standard InChI is InChI=1S/C15H34NO3P/c1-12(2)9-18-20(17,19-10-13(3)4)11-16(14(5)6)15(7)8/h12-15H,9-11H2,1-8H3. The molecule has 0 unspecified atom stereocenters. The van der Waals surface area contributed by atoms with Crippen LogP contribution in [0.5, 0.6) is 0 Å². The van der Waals surface area contributed by atoms with Gasteiger partial charge in [-0.3, -0.25) is 9.46 Å². The van der Waals surface area contributed by atoms with Gasteiger partial charge in [-0.2, -0.15) is 0 Å². The van der Waals surface area contributed by atoms with E-state index in [1.807, 2.05) is 0 Å². The molecule has 0 N–H and O–H groups in total. The molecule has 20 heavy (non-hydrogen) atoms. The van der Waals surface area contributed by atoms with Gasteiger partial charge in [0, 0.05) is 12.1 Å². The second-order valence-electron chi connectivity index (χ2n) is 6.83. The summed E-state index contributed by atoms with van der Waals surface area (Å²) in [5, 5.41) is 0. The Morgan fingerprint density at radius 1 is 0.800 bits per heavy atom. The SMILES string of the molecule is CC(C)COP(=O)(CN(C(C)C)C(C)C)OCC(C)C. The van der Waals surface area contributed by atoms with E-state index in [-0.39, 0.29) is 0 Å². The second kappa shape index (κ2) is 9.19. The van der Waals surface area contributed by atoms with Gasteiger partial charge in [0.1, 0.15) is 6.29 Å². The Labute approximate surface area is 125 Å². The highest BCUT2D eigenvalue weighted by Crippen LogP contribution is 2.50. The lowest BCUT2D eigenvalue weighted by molar-refractivity contribution is 0.138. The molecule has 0 saturated carbocycles. The minimum absolute atomic E-state index is 0.314. The highest BCUT2D eigenvalue weighted by molar-refractivity contribution is 7.53. The highest BCUT2D eigenvalue weighted by Gasteiger charge is 2.31. The van der Waals surface area contributed by atoms with E-state index in [9.17, 15) is 4.57 Å². The molecule has 0 aliphatic heterocycles. The fraction of sp³-hybridized carbons (Fsp3) is 1.00. The van der Waals surface area contributed by atoms with Gasteiger partial charge in [0.25, 0.3) is 0 Å². The predicted octanol–water partition coefficient (Wildman–Crippen LogP) is 4.60. The quantitative estimate of drug-likeness (QED) is 0.553. The predicted molar refractivity (Wildman–Crippen MR) is 86.2 cm³/mol. The molecule has 0 aliphatic rings. The summed E-state index contributed by atoms with van der Waals surface area (Å²) in [5.74, 6) is 0.690. The van der Waals surface area contributed by atoms with Gasteiger partial charge < -0.3 is 9.05 Å². The molecule has 0 aromatic carbocycles. The summed E-state index contributed by atoms with van der Waals surface area (Å²) >= 11 is 0. The van der Waals surface area contributed by atoms with Crippen molar-refractivity contribution in [2.45, 2.75) is 67.5 Å². The van der Waals surface area contributed by atoms with Crippen LogP contribution in [0.1, 0.15) is 55.4 Å². The van der Waals surface area contributed by atoms with Crippen molar-refractivity contribution < 1.29 is 13.6 Å². The van der Waals surface area contributed by atoms with E-state index in [0.29, 0.717) is 43.4 Å². The second-order valence-corrected chi connectivity index (χ2v) is 8.85. The minimum Gasteiger partial charge on any atom is -0.307 e. The lowest BCUT2D eigenvalue weighted by Crippen LogP contribution is -2.38. The molecule has 0 aromatic heterocycles. The van der Waals surface area contributed by atoms with E-state index in [1.165, 1.54) is 0 Å². The summed E-state index contributed by atoms with van der Waals surface area (Å²) in [6.07, 6.45) is 0.363. The maximum absolute atomic E-state index is 13.0. The first-order chi connectivity index (χ1) is 9.07. The Kier molecular flexibility index (Phi) is 9.24. The van der Waals surface area contributed by atoms with Gasteiger partial charge in [0.2, 0.25) is 0 Å². The molecule has 0 bridgehead atoms. The molecule has 5 heteroatoms. The number of nitrogens with zero attached hydrogens (tertiary/aromatic N) is 1. The molecule has 0 aliphatic carbocycles. The molecular formula is C15H34NO3P. The van der Waals surface area contributed by atoms with E-state index in [1.54, 1.807) is 0 Å². The monoisotopic (exact) mass is 307 g/mol. The average molecular weight is 307 g/mol. The van der Waals surface area contributed by atoms with E-state index in [4.69, 9.17) is 9.05 Å². The summed E-state index contributed by atoms with van der Waals surface area (Å²) < 4.78 is 24.3. The van der Waals surface area contributed by atoms with Gasteiger partial charge in [0.15, 0.2) is 0 Å². The average Bonchev–Trinajstić information content (AvgIpc) is 2.30. The summed E-state index contributed by atoms with van der Waals surface area (Å²) in [7, 11) is -3.07. The van der Waals surface area contributed by atoms with Crippen LogP contribution in [0.25, 0.3) is 0 Å². The van der Waals surface area contributed by atoms with Gasteiger partial charge in [-0.25, -0.2) is 0 Å². The van der Waals surface area contributed by atoms with Crippen LogP contribution in [0.4, 0.5) is 0 Å². The zero-order valence-corrected chi connectivity index (χ0v) is 15.4. The number of hydrogen-bond donors (Lipinski definition) is 0. The third-order valence-corrected chi connectivity index (χ3v) is 4.63. The fourth-order valence-electron chi connectivity index (χ4n) is 1.77. The van der Waals surface area contributed by atoms with Crippen LogP contribution in [0.15, 0.2) is 0 Å². The lowest BCUT2D eigenvalue weighted by Gasteiger charge is -2.33. The minimum atomic E-state index is -3.07. The van der Waals surface area contributed by atoms with Crippen LogP contribution in [0, 0.1) is 11.8 Å². The Hall–Kier alpha value is 0.110. The lowest BCUT2D eigenvalue weighted by atomic mass is 10.2. The Morgan fingerprint density at radius 3 is 1.40 bits per heavy atom. The zero-order chi connectivity index (χ0) is 15.9. The largest absolute Gasteiger partial charge is 0.344 e. The summed E-state index contributed by atoms with van der Waals surface area (Å²) in [5.41, 5.74) is 0. The van der Waals surface area contributed by atoms with E-state index < -0.39 is 7.60 Å². The van der Waals surface area contributed by atoms with Gasteiger partial charge in [-0.15, -0.1) is 0 Å². The summed E-state index contributed by atoms with van der Waals surface area (Å²) in [6.45, 7) is 17.6. The van der Waals surface area contributed by atoms with Crippen molar-refractivity contribution in [1.29, 1.82) is 0 Å². The maximum Gasteiger partial charge on any atom is 0.344 e. The van der Waals surface area contributed by atoms with Crippen molar-refractivity contribution in [3.8, 4) is 0 Å². The van der Waals surface area contributed by atoms with Crippen molar-refractivity contribution in [1.82, 2.24) is 4.90 Å². The van der Waals surface area contributed by atoms with Crippen LogP contribution < -0.4 is 0 Å². The first-order valence-electron chi connectivity index (χ1n) is 7.71. The smallest absolute Gasteiger partial charge is 0.307 e. The molecule has 4 nitrogen and oxygen atoms in total. The topological polar surface area (TPSA) is 38.8 Å². The van der Waals surface area contributed by atoms with Crippen LogP contribution >= 0.6 is 7.60 Å². The summed E-state index contributed by atoms with van der Waals surface area (Å²) in [4.78, 5) is 2.17. The van der Waals surface area contributed by atoms with E-state index in [2.05, 4.69) is 60.3 Å². The van der Waals surface area contributed by atoms with Gasteiger partial charge in [-0.05, 0) is 39.5 Å². The van der Waals surface area contributed by atoms with Gasteiger partial charge >= 0.3 is 7.60 Å². The van der Waals surface area contributed by atoms with Gasteiger partial charge in [-0.1, -0.05) is 27.7 Å². The molecular weight excluding hydrogens is 273 g/mol. The molecule has 0 radical (unpaired) electrons. The first-order valence-corrected chi connectivity index (χ1v) is 9.44. The highest BCUT2D eigenvalue weighted by atomic mass is 31.2. The molecule has 0 amide bonds. The molecule has 0 rings (SSSR count). The van der Waals surface area contributed by atoms with Gasteiger partial charge in [0.05, 0.1) is 13.2 Å². The van der Waals surface area contributed by atoms with Crippen molar-refractivity contribution >= 4 is 7.60 Å². The van der Waals surface area contributed by atoms with Crippen molar-refractivity contribution in [2.75, 3.05) is 19.5 Å². The van der Waals surface area contributed by atoms with Crippen LogP contribution in [-0.2, 0) is 13.6 Å². The molecule has 0 heterocycles.